The zero-order valence-electron chi connectivity index (χ0n) is 15.5. The second-order valence-electron chi connectivity index (χ2n) is 7.80. The zero-order valence-corrected chi connectivity index (χ0v) is 15.5. The number of anilines is 2. The molecule has 0 bridgehead atoms. The Morgan fingerprint density at radius 2 is 1.93 bits per heavy atom. The van der Waals surface area contributed by atoms with Crippen molar-refractivity contribution in [2.24, 2.45) is 5.41 Å². The Balaban J connectivity index is 1.51. The first-order chi connectivity index (χ1) is 13.5. The fourth-order valence-corrected chi connectivity index (χ4v) is 4.07. The number of amides is 1. The molecule has 5 rings (SSSR count). The van der Waals surface area contributed by atoms with E-state index in [0.29, 0.717) is 11.4 Å². The maximum absolute atomic E-state index is 13.2. The molecule has 28 heavy (non-hydrogen) atoms. The summed E-state index contributed by atoms with van der Waals surface area (Å²) in [5.41, 5.74) is 2.56. The third-order valence-electron chi connectivity index (χ3n) is 5.61. The summed E-state index contributed by atoms with van der Waals surface area (Å²) in [6, 6.07) is 12.0. The van der Waals surface area contributed by atoms with Gasteiger partial charge in [0.2, 0.25) is 0 Å². The first-order valence-corrected chi connectivity index (χ1v) is 9.33. The Bertz CT molecular complexity index is 1070. The number of ether oxygens (including phenoxy) is 1. The number of aryl methyl sites for hydroxylation is 1. The summed E-state index contributed by atoms with van der Waals surface area (Å²) in [5.74, 6) is 0.372. The van der Waals surface area contributed by atoms with Crippen LogP contribution in [0.15, 0.2) is 48.7 Å². The molecule has 0 atom stereocenters. The van der Waals surface area contributed by atoms with Crippen LogP contribution >= 0.6 is 0 Å². The van der Waals surface area contributed by atoms with E-state index in [-0.39, 0.29) is 17.1 Å². The monoisotopic (exact) mass is 377 g/mol. The fourth-order valence-electron chi connectivity index (χ4n) is 4.07. The lowest BCUT2D eigenvalue weighted by Gasteiger charge is -2.54. The van der Waals surface area contributed by atoms with E-state index in [9.17, 15) is 9.18 Å². The van der Waals surface area contributed by atoms with Crippen molar-refractivity contribution in [3.05, 3.63) is 65.6 Å². The minimum Gasteiger partial charge on any atom is -0.380 e. The molecule has 0 saturated carbocycles. The molecule has 1 N–H and O–H groups in total. The largest absolute Gasteiger partial charge is 0.380 e. The molecule has 2 aromatic carbocycles. The minimum absolute atomic E-state index is 0.0117. The first kappa shape index (κ1) is 17.1. The summed E-state index contributed by atoms with van der Waals surface area (Å²) < 4.78 is 18.5. The number of nitrogens with one attached hydrogen (secondary N) is 1. The molecule has 3 heterocycles. The molecule has 0 radical (unpaired) electrons. The molecule has 142 valence electrons. The summed E-state index contributed by atoms with van der Waals surface area (Å²) in [4.78, 5) is 19.5. The number of rotatable bonds is 3. The lowest BCUT2D eigenvalue weighted by molar-refractivity contribution is -0.176. The Morgan fingerprint density at radius 3 is 2.61 bits per heavy atom. The molecule has 1 amide bonds. The van der Waals surface area contributed by atoms with Gasteiger partial charge in [0, 0.05) is 35.7 Å². The second kappa shape index (κ2) is 6.27. The maximum Gasteiger partial charge on any atom is 0.256 e. The van der Waals surface area contributed by atoms with Crippen LogP contribution < -0.4 is 5.32 Å². The van der Waals surface area contributed by atoms with Gasteiger partial charge in [-0.3, -0.25) is 4.79 Å². The summed E-state index contributed by atoms with van der Waals surface area (Å²) in [5, 5.41) is 5.01. The van der Waals surface area contributed by atoms with Crippen LogP contribution in [-0.2, 0) is 4.74 Å². The van der Waals surface area contributed by atoms with E-state index in [1.165, 1.54) is 12.1 Å². The predicted molar refractivity (Wildman–Crippen MR) is 105 cm³/mol. The molecule has 1 aromatic heterocycles. The quantitative estimate of drug-likeness (QED) is 0.752. The van der Waals surface area contributed by atoms with Crippen LogP contribution in [0.3, 0.4) is 0 Å². The highest BCUT2D eigenvalue weighted by Gasteiger charge is 2.50. The highest BCUT2D eigenvalue weighted by atomic mass is 19.1. The number of halogens is 1. The van der Waals surface area contributed by atoms with Gasteiger partial charge in [-0.2, -0.15) is 0 Å². The van der Waals surface area contributed by atoms with Gasteiger partial charge in [0.05, 0.1) is 24.2 Å². The third-order valence-corrected chi connectivity index (χ3v) is 5.61. The molecular weight excluding hydrogens is 357 g/mol. The Kier molecular flexibility index (Phi) is 3.84. The molecule has 2 aliphatic heterocycles. The van der Waals surface area contributed by atoms with Gasteiger partial charge in [0.25, 0.3) is 5.91 Å². The third kappa shape index (κ3) is 2.72. The SMILES string of the molecule is Cc1cccc2c(Nc3ccc(F)cc3)ncc(C(=O)N3CC4(COC4)C3)c12. The topological polar surface area (TPSA) is 54.5 Å². The van der Waals surface area contributed by atoms with Gasteiger partial charge in [0.15, 0.2) is 0 Å². The number of carbonyl (C=O) groups excluding carboxylic acids is 1. The molecule has 1 spiro atoms. The summed E-state index contributed by atoms with van der Waals surface area (Å²) in [6.07, 6.45) is 1.64. The average Bonchev–Trinajstić information content (AvgIpc) is 2.62. The van der Waals surface area contributed by atoms with E-state index in [2.05, 4.69) is 10.3 Å². The normalized spacial score (nSPS) is 17.3. The number of hydrogen-bond acceptors (Lipinski definition) is 4. The summed E-state index contributed by atoms with van der Waals surface area (Å²) in [7, 11) is 0. The van der Waals surface area contributed by atoms with E-state index in [1.54, 1.807) is 18.3 Å². The molecule has 5 nitrogen and oxygen atoms in total. The van der Waals surface area contributed by atoms with Crippen molar-refractivity contribution in [1.29, 1.82) is 0 Å². The smallest absolute Gasteiger partial charge is 0.256 e. The number of hydrogen-bond donors (Lipinski definition) is 1. The van der Waals surface area contributed by atoms with Crippen molar-refractivity contribution < 1.29 is 13.9 Å². The standard InChI is InChI=1S/C22H20FN3O2/c1-14-3-2-4-17-19(14)18(21(27)26-10-22(11-26)12-28-13-22)9-24-20(17)25-16-7-5-15(23)6-8-16/h2-9H,10-13H2,1H3,(H,24,25). The van der Waals surface area contributed by atoms with Crippen LogP contribution in [0, 0.1) is 18.2 Å². The second-order valence-corrected chi connectivity index (χ2v) is 7.80. The summed E-state index contributed by atoms with van der Waals surface area (Å²) >= 11 is 0. The fraction of sp³-hybridized carbons (Fsp3) is 0.273. The zero-order chi connectivity index (χ0) is 19.3. The van der Waals surface area contributed by atoms with Crippen LogP contribution in [0.4, 0.5) is 15.9 Å². The van der Waals surface area contributed by atoms with Gasteiger partial charge in [0.1, 0.15) is 11.6 Å². The maximum atomic E-state index is 13.2. The molecular formula is C22H20FN3O2. The van der Waals surface area contributed by atoms with Crippen molar-refractivity contribution >= 4 is 28.2 Å². The molecule has 6 heteroatoms. The van der Waals surface area contributed by atoms with E-state index < -0.39 is 0 Å². The number of benzene rings is 2. The molecule has 0 unspecified atom stereocenters. The molecule has 2 fully saturated rings. The van der Waals surface area contributed by atoms with Crippen molar-refractivity contribution in [2.75, 3.05) is 31.6 Å². The highest BCUT2D eigenvalue weighted by Crippen LogP contribution is 2.39. The number of pyridine rings is 1. The lowest BCUT2D eigenvalue weighted by atomic mass is 9.77. The first-order valence-electron chi connectivity index (χ1n) is 9.33. The van der Waals surface area contributed by atoms with Crippen LogP contribution in [0.25, 0.3) is 10.8 Å². The van der Waals surface area contributed by atoms with Crippen LogP contribution in [0.1, 0.15) is 15.9 Å². The van der Waals surface area contributed by atoms with Gasteiger partial charge >= 0.3 is 0 Å². The average molecular weight is 377 g/mol. The Labute approximate surface area is 162 Å². The molecule has 2 saturated heterocycles. The number of nitrogens with zero attached hydrogens (tertiary/aromatic N) is 2. The highest BCUT2D eigenvalue weighted by molar-refractivity contribution is 6.11. The van der Waals surface area contributed by atoms with Crippen molar-refractivity contribution in [2.45, 2.75) is 6.92 Å². The van der Waals surface area contributed by atoms with Gasteiger partial charge in [-0.1, -0.05) is 18.2 Å². The molecule has 2 aliphatic rings. The van der Waals surface area contributed by atoms with E-state index in [1.807, 2.05) is 30.0 Å². The molecule has 0 aliphatic carbocycles. The van der Waals surface area contributed by atoms with Gasteiger partial charge < -0.3 is 15.0 Å². The Morgan fingerprint density at radius 1 is 1.18 bits per heavy atom. The summed E-state index contributed by atoms with van der Waals surface area (Å²) in [6.45, 7) is 4.98. The van der Waals surface area contributed by atoms with Crippen molar-refractivity contribution in [3.63, 3.8) is 0 Å². The van der Waals surface area contributed by atoms with E-state index in [0.717, 1.165) is 48.3 Å². The van der Waals surface area contributed by atoms with E-state index >= 15 is 0 Å². The number of likely N-dealkylation sites (tertiary alicyclic amines) is 1. The van der Waals surface area contributed by atoms with Gasteiger partial charge in [-0.05, 0) is 36.8 Å². The number of carbonyl (C=O) groups is 1. The van der Waals surface area contributed by atoms with Crippen LogP contribution in [0.2, 0.25) is 0 Å². The number of fused-ring (bicyclic) bond motifs is 1. The van der Waals surface area contributed by atoms with Gasteiger partial charge in [-0.25, -0.2) is 9.37 Å². The van der Waals surface area contributed by atoms with E-state index in [4.69, 9.17) is 4.74 Å². The minimum atomic E-state index is -0.288. The van der Waals surface area contributed by atoms with Crippen LogP contribution in [-0.4, -0.2) is 42.1 Å². The van der Waals surface area contributed by atoms with Crippen molar-refractivity contribution in [3.8, 4) is 0 Å². The molecule has 3 aromatic rings. The lowest BCUT2D eigenvalue weighted by Crippen LogP contribution is -2.67. The predicted octanol–water partition coefficient (Wildman–Crippen LogP) is 3.90. The van der Waals surface area contributed by atoms with Gasteiger partial charge in [-0.15, -0.1) is 0 Å². The van der Waals surface area contributed by atoms with Crippen LogP contribution in [0.5, 0.6) is 0 Å². The van der Waals surface area contributed by atoms with Crippen molar-refractivity contribution in [1.82, 2.24) is 9.88 Å². The number of aromatic nitrogens is 1. The Hall–Kier alpha value is -2.99.